The molecule has 1 saturated heterocycles. The third-order valence-electron chi connectivity index (χ3n) is 6.05. The van der Waals surface area contributed by atoms with Gasteiger partial charge in [0.15, 0.2) is 0 Å². The van der Waals surface area contributed by atoms with Gasteiger partial charge in [0.05, 0.1) is 0 Å². The molecule has 4 nitrogen and oxygen atoms in total. The Morgan fingerprint density at radius 2 is 1.57 bits per heavy atom. The van der Waals surface area contributed by atoms with Gasteiger partial charge in [-0.3, -0.25) is 4.90 Å². The summed E-state index contributed by atoms with van der Waals surface area (Å²) < 4.78 is 0. The van der Waals surface area contributed by atoms with Crippen LogP contribution in [0.1, 0.15) is 41.0 Å². The quantitative estimate of drug-likeness (QED) is 0.643. The lowest BCUT2D eigenvalue weighted by Gasteiger charge is -2.36. The van der Waals surface area contributed by atoms with Gasteiger partial charge < -0.3 is 10.2 Å². The molecule has 1 fully saturated rings. The predicted octanol–water partition coefficient (Wildman–Crippen LogP) is 4.39. The van der Waals surface area contributed by atoms with E-state index in [4.69, 9.17) is 0 Å². The van der Waals surface area contributed by atoms with Crippen molar-refractivity contribution in [3.63, 3.8) is 0 Å². The Morgan fingerprint density at radius 1 is 0.933 bits per heavy atom. The van der Waals surface area contributed by atoms with E-state index in [0.29, 0.717) is 11.1 Å². The van der Waals surface area contributed by atoms with E-state index in [1.165, 1.54) is 5.56 Å². The van der Waals surface area contributed by atoms with Gasteiger partial charge in [0, 0.05) is 18.7 Å². The standard InChI is InChI=1S/C26H27NO3/c28-25(29)26(30,22-13-5-2-6-14-22)24-16-8-7-15-23(24)21-12-9-17-27(19-21)18-20-10-3-1-4-11-20/h1-8,10-11,13-16,21,30H,9,12,17-19H2,(H,28,29). The van der Waals surface area contributed by atoms with E-state index >= 15 is 0 Å². The molecule has 4 rings (SSSR count). The second-order valence-electron chi connectivity index (χ2n) is 8.03. The third kappa shape index (κ3) is 4.02. The molecule has 0 aromatic heterocycles. The zero-order valence-electron chi connectivity index (χ0n) is 16.9. The Bertz CT molecular complexity index is 989. The van der Waals surface area contributed by atoms with Crippen LogP contribution in [0.5, 0.6) is 0 Å². The van der Waals surface area contributed by atoms with Crippen LogP contribution in [0.4, 0.5) is 0 Å². The largest absolute Gasteiger partial charge is 0.479 e. The lowest BCUT2D eigenvalue weighted by atomic mass is 9.78. The topological polar surface area (TPSA) is 60.8 Å². The SMILES string of the molecule is O=C(O)C(O)(c1ccccc1)c1ccccc1C1CCCN(Cc2ccccc2)C1. The molecule has 2 atom stereocenters. The summed E-state index contributed by atoms with van der Waals surface area (Å²) in [6, 6.07) is 26.6. The number of rotatable bonds is 6. The van der Waals surface area contributed by atoms with Crippen molar-refractivity contribution in [1.82, 2.24) is 4.90 Å². The number of carbonyl (C=O) groups is 1. The van der Waals surface area contributed by atoms with Crippen LogP contribution in [0, 0.1) is 0 Å². The molecule has 3 aromatic rings. The van der Waals surface area contributed by atoms with Crippen LogP contribution in [0.15, 0.2) is 84.9 Å². The zero-order chi connectivity index (χ0) is 21.0. The number of piperidine rings is 1. The molecule has 1 aliphatic heterocycles. The van der Waals surface area contributed by atoms with E-state index in [1.807, 2.05) is 24.3 Å². The van der Waals surface area contributed by atoms with Gasteiger partial charge in [0.1, 0.15) is 0 Å². The molecule has 30 heavy (non-hydrogen) atoms. The predicted molar refractivity (Wildman–Crippen MR) is 117 cm³/mol. The van der Waals surface area contributed by atoms with Gasteiger partial charge in [0.25, 0.3) is 0 Å². The van der Waals surface area contributed by atoms with Gasteiger partial charge in [-0.1, -0.05) is 84.9 Å². The number of carboxylic acids is 1. The van der Waals surface area contributed by atoms with Crippen LogP contribution in [0.3, 0.4) is 0 Å². The van der Waals surface area contributed by atoms with Crippen molar-refractivity contribution in [1.29, 1.82) is 0 Å². The number of nitrogens with zero attached hydrogens (tertiary/aromatic N) is 1. The first kappa shape index (κ1) is 20.3. The summed E-state index contributed by atoms with van der Waals surface area (Å²) in [6.45, 7) is 2.74. The number of aliphatic hydroxyl groups is 1. The number of aliphatic carboxylic acids is 1. The Kier molecular flexibility index (Phi) is 5.98. The maximum atomic E-state index is 12.3. The molecule has 4 heteroatoms. The van der Waals surface area contributed by atoms with E-state index in [9.17, 15) is 15.0 Å². The lowest BCUT2D eigenvalue weighted by molar-refractivity contribution is -0.155. The van der Waals surface area contributed by atoms with Crippen LogP contribution < -0.4 is 0 Å². The summed E-state index contributed by atoms with van der Waals surface area (Å²) in [5.74, 6) is -1.08. The average Bonchev–Trinajstić information content (AvgIpc) is 2.80. The van der Waals surface area contributed by atoms with E-state index in [-0.39, 0.29) is 5.92 Å². The fourth-order valence-corrected chi connectivity index (χ4v) is 4.55. The van der Waals surface area contributed by atoms with Crippen LogP contribution >= 0.6 is 0 Å². The van der Waals surface area contributed by atoms with Crippen LogP contribution in [-0.2, 0) is 16.9 Å². The molecule has 0 amide bonds. The summed E-state index contributed by atoms with van der Waals surface area (Å²) in [7, 11) is 0. The van der Waals surface area contributed by atoms with E-state index in [1.54, 1.807) is 36.4 Å². The average molecular weight is 402 g/mol. The number of carboxylic acid groups (broad SMARTS) is 1. The molecule has 0 saturated carbocycles. The van der Waals surface area contributed by atoms with Crippen LogP contribution in [0.25, 0.3) is 0 Å². The van der Waals surface area contributed by atoms with Gasteiger partial charge in [0.2, 0.25) is 5.60 Å². The molecular formula is C26H27NO3. The van der Waals surface area contributed by atoms with Gasteiger partial charge in [-0.25, -0.2) is 4.79 Å². The molecule has 1 aliphatic rings. The highest BCUT2D eigenvalue weighted by atomic mass is 16.4. The van der Waals surface area contributed by atoms with Gasteiger partial charge >= 0.3 is 5.97 Å². The Hall–Kier alpha value is -2.95. The summed E-state index contributed by atoms with van der Waals surface area (Å²) in [4.78, 5) is 14.7. The minimum Gasteiger partial charge on any atom is -0.479 e. The van der Waals surface area contributed by atoms with Gasteiger partial charge in [-0.2, -0.15) is 0 Å². The summed E-state index contributed by atoms with van der Waals surface area (Å²) in [6.07, 6.45) is 2.02. The molecule has 3 aromatic carbocycles. The maximum absolute atomic E-state index is 12.3. The first-order valence-corrected chi connectivity index (χ1v) is 10.5. The van der Waals surface area contributed by atoms with E-state index in [0.717, 1.165) is 38.0 Å². The second kappa shape index (κ2) is 8.82. The highest BCUT2D eigenvalue weighted by Gasteiger charge is 2.42. The number of hydrogen-bond acceptors (Lipinski definition) is 3. The van der Waals surface area contributed by atoms with Gasteiger partial charge in [-0.05, 0) is 42.0 Å². The Labute approximate surface area is 177 Å². The first-order valence-electron chi connectivity index (χ1n) is 10.5. The molecule has 0 aliphatic carbocycles. The van der Waals surface area contributed by atoms with Crippen molar-refractivity contribution < 1.29 is 15.0 Å². The van der Waals surface area contributed by atoms with Crippen LogP contribution in [0.2, 0.25) is 0 Å². The fraction of sp³-hybridized carbons (Fsp3) is 0.269. The van der Waals surface area contributed by atoms with Crippen LogP contribution in [-0.4, -0.2) is 34.2 Å². The minimum atomic E-state index is -2.07. The first-order chi connectivity index (χ1) is 14.6. The van der Waals surface area contributed by atoms with Crippen molar-refractivity contribution in [3.8, 4) is 0 Å². The molecule has 0 bridgehead atoms. The van der Waals surface area contributed by atoms with Crippen molar-refractivity contribution in [2.24, 2.45) is 0 Å². The second-order valence-corrected chi connectivity index (χ2v) is 8.03. The van der Waals surface area contributed by atoms with E-state index in [2.05, 4.69) is 29.2 Å². The minimum absolute atomic E-state index is 0.174. The molecular weight excluding hydrogens is 374 g/mol. The third-order valence-corrected chi connectivity index (χ3v) is 6.05. The lowest BCUT2D eigenvalue weighted by Crippen LogP contribution is -2.40. The van der Waals surface area contributed by atoms with Crippen molar-refractivity contribution in [2.45, 2.75) is 30.9 Å². The summed E-state index contributed by atoms with van der Waals surface area (Å²) in [5.41, 5.74) is 0.971. The molecule has 2 unspecified atom stereocenters. The fourth-order valence-electron chi connectivity index (χ4n) is 4.55. The monoisotopic (exact) mass is 401 g/mol. The number of benzene rings is 3. The van der Waals surface area contributed by atoms with E-state index < -0.39 is 11.6 Å². The molecule has 2 N–H and O–H groups in total. The van der Waals surface area contributed by atoms with Crippen molar-refractivity contribution in [2.75, 3.05) is 13.1 Å². The highest BCUT2D eigenvalue weighted by Crippen LogP contribution is 2.38. The van der Waals surface area contributed by atoms with Gasteiger partial charge in [-0.15, -0.1) is 0 Å². The maximum Gasteiger partial charge on any atom is 0.345 e. The summed E-state index contributed by atoms with van der Waals surface area (Å²) >= 11 is 0. The normalized spacial score (nSPS) is 19.2. The molecule has 154 valence electrons. The van der Waals surface area contributed by atoms with Crippen molar-refractivity contribution in [3.05, 3.63) is 107 Å². The number of hydrogen-bond donors (Lipinski definition) is 2. The molecule has 0 spiro atoms. The Morgan fingerprint density at radius 3 is 2.27 bits per heavy atom. The Balaban J connectivity index is 1.66. The summed E-state index contributed by atoms with van der Waals surface area (Å²) in [5, 5.41) is 21.5. The highest BCUT2D eigenvalue weighted by molar-refractivity contribution is 5.84. The van der Waals surface area contributed by atoms with Crippen molar-refractivity contribution >= 4 is 5.97 Å². The number of likely N-dealkylation sites (tertiary alicyclic amines) is 1. The zero-order valence-corrected chi connectivity index (χ0v) is 16.9. The smallest absolute Gasteiger partial charge is 0.345 e. The molecule has 0 radical (unpaired) electrons. The molecule has 1 heterocycles.